The third kappa shape index (κ3) is 2.92. The molecule has 4 nitrogen and oxygen atoms in total. The summed E-state index contributed by atoms with van der Waals surface area (Å²) in [6, 6.07) is 5.90. The van der Waals surface area contributed by atoms with Crippen LogP contribution in [0.5, 0.6) is 5.75 Å². The maximum absolute atomic E-state index is 12.1. The van der Waals surface area contributed by atoms with Crippen LogP contribution in [0.2, 0.25) is 0 Å². The number of carbonyl (C=O) groups excluding carboxylic acids is 1. The van der Waals surface area contributed by atoms with Gasteiger partial charge in [0.15, 0.2) is 0 Å². The number of likely N-dealkylation sites (tertiary alicyclic amines) is 1. The second kappa shape index (κ2) is 5.13. The minimum atomic E-state index is -0.106. The highest BCUT2D eigenvalue weighted by Crippen LogP contribution is 2.30. The SMILES string of the molecule is O=C(NC1CCN(C2CC2)C1)c1ccc(Br)c(O)c1. The van der Waals surface area contributed by atoms with Gasteiger partial charge in [-0.2, -0.15) is 0 Å². The Hall–Kier alpha value is -1.07. The zero-order chi connectivity index (χ0) is 13.4. The van der Waals surface area contributed by atoms with E-state index < -0.39 is 0 Å². The van der Waals surface area contributed by atoms with E-state index in [9.17, 15) is 9.90 Å². The second-order valence-electron chi connectivity index (χ2n) is 5.35. The van der Waals surface area contributed by atoms with Crippen molar-refractivity contribution >= 4 is 21.8 Å². The number of amides is 1. The molecule has 102 valence electrons. The van der Waals surface area contributed by atoms with E-state index in [4.69, 9.17) is 0 Å². The fraction of sp³-hybridized carbons (Fsp3) is 0.500. The van der Waals surface area contributed by atoms with E-state index in [0.717, 1.165) is 25.6 Å². The lowest BCUT2D eigenvalue weighted by atomic mass is 10.2. The highest BCUT2D eigenvalue weighted by molar-refractivity contribution is 9.10. The van der Waals surface area contributed by atoms with Gasteiger partial charge in [0.2, 0.25) is 0 Å². The molecule has 1 atom stereocenters. The maximum atomic E-state index is 12.1. The van der Waals surface area contributed by atoms with E-state index in [2.05, 4.69) is 26.1 Å². The number of nitrogens with one attached hydrogen (secondary N) is 1. The molecular weight excluding hydrogens is 308 g/mol. The molecule has 2 aliphatic rings. The Morgan fingerprint density at radius 2 is 2.16 bits per heavy atom. The molecule has 1 aromatic rings. The lowest BCUT2D eigenvalue weighted by Crippen LogP contribution is -2.37. The zero-order valence-electron chi connectivity index (χ0n) is 10.6. The van der Waals surface area contributed by atoms with Crippen LogP contribution in [0, 0.1) is 0 Å². The predicted molar refractivity (Wildman–Crippen MR) is 76.3 cm³/mol. The van der Waals surface area contributed by atoms with Crippen LogP contribution in [0.25, 0.3) is 0 Å². The molecule has 1 amide bonds. The van der Waals surface area contributed by atoms with Crippen molar-refractivity contribution in [3.63, 3.8) is 0 Å². The van der Waals surface area contributed by atoms with Gasteiger partial charge in [0.1, 0.15) is 5.75 Å². The number of aromatic hydroxyl groups is 1. The van der Waals surface area contributed by atoms with E-state index in [-0.39, 0.29) is 17.7 Å². The number of hydrogen-bond acceptors (Lipinski definition) is 3. The average molecular weight is 325 g/mol. The van der Waals surface area contributed by atoms with Gasteiger partial charge < -0.3 is 10.4 Å². The third-order valence-electron chi connectivity index (χ3n) is 3.83. The molecule has 1 aromatic carbocycles. The number of carbonyl (C=O) groups is 1. The van der Waals surface area contributed by atoms with Crippen LogP contribution in [0.15, 0.2) is 22.7 Å². The first-order chi connectivity index (χ1) is 9.13. The Balaban J connectivity index is 1.60. The van der Waals surface area contributed by atoms with Gasteiger partial charge in [0.05, 0.1) is 4.47 Å². The van der Waals surface area contributed by atoms with Gasteiger partial charge in [0.25, 0.3) is 5.91 Å². The number of halogens is 1. The highest BCUT2D eigenvalue weighted by atomic mass is 79.9. The maximum Gasteiger partial charge on any atom is 0.251 e. The molecule has 0 bridgehead atoms. The van der Waals surface area contributed by atoms with Gasteiger partial charge in [-0.05, 0) is 53.4 Å². The summed E-state index contributed by atoms with van der Waals surface area (Å²) in [7, 11) is 0. The van der Waals surface area contributed by atoms with Crippen LogP contribution >= 0.6 is 15.9 Å². The molecule has 19 heavy (non-hydrogen) atoms. The average Bonchev–Trinajstić information content (AvgIpc) is 3.14. The molecule has 5 heteroatoms. The molecule has 1 saturated carbocycles. The third-order valence-corrected chi connectivity index (χ3v) is 4.50. The monoisotopic (exact) mass is 324 g/mol. The topological polar surface area (TPSA) is 52.6 Å². The minimum Gasteiger partial charge on any atom is -0.507 e. The number of rotatable bonds is 3. The van der Waals surface area contributed by atoms with Gasteiger partial charge in [-0.3, -0.25) is 9.69 Å². The molecule has 0 radical (unpaired) electrons. The van der Waals surface area contributed by atoms with Crippen LogP contribution in [0.3, 0.4) is 0 Å². The summed E-state index contributed by atoms with van der Waals surface area (Å²) in [4.78, 5) is 14.6. The Morgan fingerprint density at radius 1 is 1.37 bits per heavy atom. The summed E-state index contributed by atoms with van der Waals surface area (Å²) in [5, 5.41) is 12.6. The molecule has 2 fully saturated rings. The van der Waals surface area contributed by atoms with E-state index in [1.54, 1.807) is 12.1 Å². The molecule has 3 rings (SSSR count). The van der Waals surface area contributed by atoms with Crippen molar-refractivity contribution in [3.05, 3.63) is 28.2 Å². The van der Waals surface area contributed by atoms with Crippen LogP contribution in [-0.4, -0.2) is 41.1 Å². The molecule has 1 saturated heterocycles. The molecule has 1 unspecified atom stereocenters. The molecule has 0 aromatic heterocycles. The molecule has 1 aliphatic carbocycles. The van der Waals surface area contributed by atoms with E-state index in [0.29, 0.717) is 10.0 Å². The quantitative estimate of drug-likeness (QED) is 0.895. The smallest absolute Gasteiger partial charge is 0.251 e. The number of nitrogens with zero attached hydrogens (tertiary/aromatic N) is 1. The van der Waals surface area contributed by atoms with Gasteiger partial charge in [-0.25, -0.2) is 0 Å². The van der Waals surface area contributed by atoms with Gasteiger partial charge in [0, 0.05) is 30.7 Å². The Morgan fingerprint density at radius 3 is 2.84 bits per heavy atom. The molecule has 1 heterocycles. The fourth-order valence-corrected chi connectivity index (χ4v) is 2.85. The van der Waals surface area contributed by atoms with Crippen molar-refractivity contribution in [1.29, 1.82) is 0 Å². The van der Waals surface area contributed by atoms with Crippen LogP contribution in [0.4, 0.5) is 0 Å². The number of benzene rings is 1. The van der Waals surface area contributed by atoms with Gasteiger partial charge in [-0.1, -0.05) is 0 Å². The summed E-state index contributed by atoms with van der Waals surface area (Å²) < 4.78 is 0.602. The lowest BCUT2D eigenvalue weighted by molar-refractivity contribution is 0.0937. The first kappa shape index (κ1) is 12.9. The predicted octanol–water partition coefficient (Wildman–Crippen LogP) is 2.12. The normalized spacial score (nSPS) is 23.5. The number of hydrogen-bond donors (Lipinski definition) is 2. The van der Waals surface area contributed by atoms with Gasteiger partial charge >= 0.3 is 0 Å². The Labute approximate surface area is 120 Å². The lowest BCUT2D eigenvalue weighted by Gasteiger charge is -2.16. The molecule has 2 N–H and O–H groups in total. The Bertz CT molecular complexity index is 502. The van der Waals surface area contributed by atoms with Crippen molar-refractivity contribution in [3.8, 4) is 5.75 Å². The number of phenols is 1. The second-order valence-corrected chi connectivity index (χ2v) is 6.21. The summed E-state index contributed by atoms with van der Waals surface area (Å²) in [6.45, 7) is 2.04. The van der Waals surface area contributed by atoms with Crippen LogP contribution in [-0.2, 0) is 0 Å². The first-order valence-electron chi connectivity index (χ1n) is 6.67. The van der Waals surface area contributed by atoms with Crippen molar-refractivity contribution in [2.45, 2.75) is 31.3 Å². The van der Waals surface area contributed by atoms with Crippen molar-refractivity contribution in [2.75, 3.05) is 13.1 Å². The summed E-state index contributed by atoms with van der Waals surface area (Å²) in [5.41, 5.74) is 0.505. The highest BCUT2D eigenvalue weighted by Gasteiger charge is 2.34. The summed E-state index contributed by atoms with van der Waals surface area (Å²) in [6.07, 6.45) is 3.63. The van der Waals surface area contributed by atoms with E-state index in [1.807, 2.05) is 0 Å². The van der Waals surface area contributed by atoms with Crippen molar-refractivity contribution in [1.82, 2.24) is 10.2 Å². The van der Waals surface area contributed by atoms with Crippen molar-refractivity contribution in [2.24, 2.45) is 0 Å². The Kier molecular flexibility index (Phi) is 3.50. The van der Waals surface area contributed by atoms with Crippen LogP contribution in [0.1, 0.15) is 29.6 Å². The molecular formula is C14H17BrN2O2. The largest absolute Gasteiger partial charge is 0.507 e. The fourth-order valence-electron chi connectivity index (χ4n) is 2.60. The van der Waals surface area contributed by atoms with E-state index in [1.165, 1.54) is 18.9 Å². The number of phenolic OH excluding ortho intramolecular Hbond substituents is 1. The zero-order valence-corrected chi connectivity index (χ0v) is 12.2. The van der Waals surface area contributed by atoms with Crippen molar-refractivity contribution < 1.29 is 9.90 Å². The van der Waals surface area contributed by atoms with Gasteiger partial charge in [-0.15, -0.1) is 0 Å². The summed E-state index contributed by atoms with van der Waals surface area (Å²) >= 11 is 3.21. The van der Waals surface area contributed by atoms with E-state index >= 15 is 0 Å². The minimum absolute atomic E-state index is 0.0960. The molecule has 0 spiro atoms. The first-order valence-corrected chi connectivity index (χ1v) is 7.46. The summed E-state index contributed by atoms with van der Waals surface area (Å²) in [5.74, 6) is -0.0101. The standard InChI is InChI=1S/C14H17BrN2O2/c15-12-4-1-9(7-13(12)18)14(19)16-10-5-6-17(8-10)11-2-3-11/h1,4,7,10-11,18H,2-3,5-6,8H2,(H,16,19). The van der Waals surface area contributed by atoms with Crippen LogP contribution < -0.4 is 5.32 Å². The molecule has 1 aliphatic heterocycles.